The molecule has 1 heterocycles. The maximum Gasteiger partial charge on any atom is 0.355 e. The molecule has 0 unspecified atom stereocenters. The Balaban J connectivity index is 3.17. The number of hydrogen-bond acceptors (Lipinski definition) is 3. The van der Waals surface area contributed by atoms with Gasteiger partial charge < -0.3 is 10.2 Å². The number of halogens is 1. The van der Waals surface area contributed by atoms with Gasteiger partial charge in [-0.3, -0.25) is 0 Å². The van der Waals surface area contributed by atoms with Crippen LogP contribution in [-0.2, 0) is 6.61 Å². The van der Waals surface area contributed by atoms with Gasteiger partial charge in [-0.25, -0.2) is 9.78 Å². The minimum atomic E-state index is -1.11. The quantitative estimate of drug-likeness (QED) is 0.798. The summed E-state index contributed by atoms with van der Waals surface area (Å²) in [6, 6.07) is 3.10. The molecule has 0 aliphatic carbocycles. The van der Waals surface area contributed by atoms with Crippen molar-refractivity contribution in [1.82, 2.24) is 4.98 Å². The second-order valence-electron chi connectivity index (χ2n) is 2.10. The molecule has 0 spiro atoms. The first-order valence-corrected chi connectivity index (χ1v) is 3.94. The maximum absolute atomic E-state index is 10.5. The molecule has 0 fully saturated rings. The Morgan fingerprint density at radius 2 is 2.25 bits per heavy atom. The number of aliphatic hydroxyl groups excluding tert-OH is 1. The largest absolute Gasteiger partial charge is 0.476 e. The summed E-state index contributed by atoms with van der Waals surface area (Å²) in [6.45, 7) is -0.256. The lowest BCUT2D eigenvalue weighted by Gasteiger charge is -1.99. The van der Waals surface area contributed by atoms with Crippen LogP contribution in [0, 0.1) is 0 Å². The second-order valence-corrected chi connectivity index (χ2v) is 2.95. The average Bonchev–Trinajstić information content (AvgIpc) is 2.05. The van der Waals surface area contributed by atoms with Crippen LogP contribution in [-0.4, -0.2) is 21.2 Å². The highest BCUT2D eigenvalue weighted by Gasteiger charge is 2.09. The van der Waals surface area contributed by atoms with Crippen molar-refractivity contribution in [3.8, 4) is 0 Å². The van der Waals surface area contributed by atoms with Gasteiger partial charge in [0.1, 0.15) is 0 Å². The lowest BCUT2D eigenvalue weighted by atomic mass is 10.3. The predicted octanol–water partition coefficient (Wildman–Crippen LogP) is 1.03. The zero-order chi connectivity index (χ0) is 9.14. The molecule has 0 saturated carbocycles. The average molecular weight is 232 g/mol. The zero-order valence-corrected chi connectivity index (χ0v) is 7.58. The third kappa shape index (κ3) is 1.80. The van der Waals surface area contributed by atoms with Gasteiger partial charge in [-0.05, 0) is 28.1 Å². The van der Waals surface area contributed by atoms with E-state index in [1.54, 1.807) is 12.1 Å². The standard InChI is InChI=1S/C7H6BrNO3/c8-5-2-1-4(3-10)9-6(5)7(11)12/h1-2,10H,3H2,(H,11,12). The molecule has 64 valence electrons. The third-order valence-corrected chi connectivity index (χ3v) is 1.91. The van der Waals surface area contributed by atoms with Gasteiger partial charge in [0.05, 0.1) is 16.8 Å². The van der Waals surface area contributed by atoms with E-state index in [1.807, 2.05) is 0 Å². The molecule has 0 saturated heterocycles. The van der Waals surface area contributed by atoms with Crippen LogP contribution in [0.4, 0.5) is 0 Å². The van der Waals surface area contributed by atoms with E-state index in [4.69, 9.17) is 10.2 Å². The van der Waals surface area contributed by atoms with Crippen molar-refractivity contribution in [3.63, 3.8) is 0 Å². The van der Waals surface area contributed by atoms with Gasteiger partial charge in [0.25, 0.3) is 0 Å². The lowest BCUT2D eigenvalue weighted by Crippen LogP contribution is -2.03. The Morgan fingerprint density at radius 1 is 1.58 bits per heavy atom. The highest BCUT2D eigenvalue weighted by atomic mass is 79.9. The third-order valence-electron chi connectivity index (χ3n) is 1.27. The minimum absolute atomic E-state index is 0.0819. The summed E-state index contributed by atoms with van der Waals surface area (Å²) in [4.78, 5) is 14.2. The second kappa shape index (κ2) is 3.64. The smallest absolute Gasteiger partial charge is 0.355 e. The Hall–Kier alpha value is -0.940. The minimum Gasteiger partial charge on any atom is -0.476 e. The van der Waals surface area contributed by atoms with Crippen LogP contribution in [0.15, 0.2) is 16.6 Å². The Kier molecular flexibility index (Phi) is 2.78. The molecular weight excluding hydrogens is 226 g/mol. The Bertz CT molecular complexity index is 314. The Labute approximate surface area is 77.0 Å². The number of carbonyl (C=O) groups is 1. The van der Waals surface area contributed by atoms with Gasteiger partial charge in [-0.15, -0.1) is 0 Å². The molecule has 1 aromatic rings. The summed E-state index contributed by atoms with van der Waals surface area (Å²) in [5.74, 6) is -1.11. The van der Waals surface area contributed by atoms with E-state index in [1.165, 1.54) is 0 Å². The van der Waals surface area contributed by atoms with Crippen molar-refractivity contribution < 1.29 is 15.0 Å². The van der Waals surface area contributed by atoms with Crippen molar-refractivity contribution in [2.45, 2.75) is 6.61 Å². The normalized spacial score (nSPS) is 9.83. The number of aliphatic hydroxyl groups is 1. The molecule has 12 heavy (non-hydrogen) atoms. The summed E-state index contributed by atoms with van der Waals surface area (Å²) in [5, 5.41) is 17.3. The van der Waals surface area contributed by atoms with Crippen molar-refractivity contribution in [2.75, 3.05) is 0 Å². The molecule has 0 atom stereocenters. The van der Waals surface area contributed by atoms with Crippen molar-refractivity contribution in [3.05, 3.63) is 28.0 Å². The van der Waals surface area contributed by atoms with Crippen LogP contribution in [0.5, 0.6) is 0 Å². The van der Waals surface area contributed by atoms with E-state index in [2.05, 4.69) is 20.9 Å². The van der Waals surface area contributed by atoms with E-state index < -0.39 is 5.97 Å². The van der Waals surface area contributed by atoms with Crippen LogP contribution in [0.3, 0.4) is 0 Å². The molecule has 1 rings (SSSR count). The molecule has 1 aromatic heterocycles. The first-order valence-electron chi connectivity index (χ1n) is 3.14. The highest BCUT2D eigenvalue weighted by Crippen LogP contribution is 2.14. The lowest BCUT2D eigenvalue weighted by molar-refractivity contribution is 0.0689. The van der Waals surface area contributed by atoms with Gasteiger partial charge in [-0.2, -0.15) is 0 Å². The molecule has 0 aliphatic rings. The number of aromatic nitrogens is 1. The number of nitrogens with zero attached hydrogens (tertiary/aromatic N) is 1. The van der Waals surface area contributed by atoms with Gasteiger partial charge in [0.2, 0.25) is 0 Å². The predicted molar refractivity (Wildman–Crippen MR) is 44.8 cm³/mol. The summed E-state index contributed by atoms with van der Waals surface area (Å²) >= 11 is 3.04. The van der Waals surface area contributed by atoms with Crippen LogP contribution in [0.1, 0.15) is 16.2 Å². The summed E-state index contributed by atoms with van der Waals surface area (Å²) in [7, 11) is 0. The molecule has 0 aromatic carbocycles. The number of rotatable bonds is 2. The number of aromatic carboxylic acids is 1. The summed E-state index contributed by atoms with van der Waals surface area (Å²) < 4.78 is 0.409. The summed E-state index contributed by atoms with van der Waals surface area (Å²) in [5.41, 5.74) is 0.261. The molecule has 5 heteroatoms. The molecule has 4 nitrogen and oxygen atoms in total. The SMILES string of the molecule is O=C(O)c1nc(CO)ccc1Br. The van der Waals surface area contributed by atoms with Crippen molar-refractivity contribution >= 4 is 21.9 Å². The molecule has 2 N–H and O–H groups in total. The fourth-order valence-corrected chi connectivity index (χ4v) is 1.11. The number of carboxylic acids is 1. The van der Waals surface area contributed by atoms with Gasteiger partial charge in [-0.1, -0.05) is 0 Å². The number of pyridine rings is 1. The fourth-order valence-electron chi connectivity index (χ4n) is 0.721. The van der Waals surface area contributed by atoms with Crippen LogP contribution in [0.2, 0.25) is 0 Å². The highest BCUT2D eigenvalue weighted by molar-refractivity contribution is 9.10. The molecule has 0 radical (unpaired) electrons. The fraction of sp³-hybridized carbons (Fsp3) is 0.143. The van der Waals surface area contributed by atoms with E-state index in [-0.39, 0.29) is 12.3 Å². The van der Waals surface area contributed by atoms with Gasteiger partial charge >= 0.3 is 5.97 Å². The first-order chi connectivity index (χ1) is 5.65. The zero-order valence-electron chi connectivity index (χ0n) is 5.99. The van der Waals surface area contributed by atoms with E-state index >= 15 is 0 Å². The van der Waals surface area contributed by atoms with Crippen LogP contribution in [0.25, 0.3) is 0 Å². The first kappa shape index (κ1) is 9.15. The maximum atomic E-state index is 10.5. The number of hydrogen-bond donors (Lipinski definition) is 2. The number of carboxylic acid groups (broad SMARTS) is 1. The van der Waals surface area contributed by atoms with Crippen molar-refractivity contribution in [1.29, 1.82) is 0 Å². The van der Waals surface area contributed by atoms with Gasteiger partial charge in [0, 0.05) is 0 Å². The van der Waals surface area contributed by atoms with Crippen molar-refractivity contribution in [2.24, 2.45) is 0 Å². The van der Waals surface area contributed by atoms with E-state index in [0.29, 0.717) is 10.2 Å². The van der Waals surface area contributed by atoms with Gasteiger partial charge in [0.15, 0.2) is 5.69 Å². The monoisotopic (exact) mass is 231 g/mol. The van der Waals surface area contributed by atoms with Crippen LogP contribution >= 0.6 is 15.9 Å². The Morgan fingerprint density at radius 3 is 2.75 bits per heavy atom. The van der Waals surface area contributed by atoms with Crippen LogP contribution < -0.4 is 0 Å². The topological polar surface area (TPSA) is 70.4 Å². The molecule has 0 aliphatic heterocycles. The molecule has 0 amide bonds. The summed E-state index contributed by atoms with van der Waals surface area (Å²) in [6.07, 6.45) is 0. The molecular formula is C7H6BrNO3. The molecule has 0 bridgehead atoms. The van der Waals surface area contributed by atoms with E-state index in [0.717, 1.165) is 0 Å². The van der Waals surface area contributed by atoms with E-state index in [9.17, 15) is 4.79 Å².